The van der Waals surface area contributed by atoms with E-state index >= 15 is 0 Å². The van der Waals surface area contributed by atoms with Crippen molar-refractivity contribution < 1.29 is 14.3 Å². The lowest BCUT2D eigenvalue weighted by Gasteiger charge is -2.14. The average Bonchev–Trinajstić information content (AvgIpc) is 2.62. The molecule has 0 heterocycles. The molecule has 2 aromatic rings. The van der Waals surface area contributed by atoms with E-state index in [9.17, 15) is 4.79 Å². The maximum Gasteiger partial charge on any atom is 0.280 e. The molecule has 2 aromatic carbocycles. The van der Waals surface area contributed by atoms with E-state index in [1.54, 1.807) is 19.2 Å². The first-order valence-corrected chi connectivity index (χ1v) is 8.87. The molecule has 0 aliphatic heterocycles. The van der Waals surface area contributed by atoms with Crippen LogP contribution in [0.1, 0.15) is 25.8 Å². The Balaban J connectivity index is 1.93. The minimum absolute atomic E-state index is 0.334. The van der Waals surface area contributed by atoms with Crippen molar-refractivity contribution in [3.05, 3.63) is 58.6 Å². The number of benzene rings is 2. The van der Waals surface area contributed by atoms with Crippen LogP contribution in [-0.4, -0.2) is 24.8 Å². The zero-order chi connectivity index (χ0) is 18.1. The van der Waals surface area contributed by atoms with E-state index in [4.69, 9.17) is 9.47 Å². The van der Waals surface area contributed by atoms with Crippen molar-refractivity contribution in [1.29, 1.82) is 0 Å². The number of carbonyl (C=O) groups excluding carboxylic acids is 1. The minimum Gasteiger partial charge on any atom is -0.493 e. The van der Waals surface area contributed by atoms with E-state index in [0.717, 1.165) is 22.2 Å². The van der Waals surface area contributed by atoms with Gasteiger partial charge in [-0.25, -0.2) is 5.43 Å². The van der Waals surface area contributed by atoms with Gasteiger partial charge in [0, 0.05) is 5.56 Å². The van der Waals surface area contributed by atoms with E-state index in [1.165, 1.54) is 0 Å². The summed E-state index contributed by atoms with van der Waals surface area (Å²) in [5.74, 6) is 1.01. The van der Waals surface area contributed by atoms with E-state index in [0.29, 0.717) is 12.4 Å². The summed E-state index contributed by atoms with van der Waals surface area (Å²) >= 11 is 3.39. The highest BCUT2D eigenvalue weighted by molar-refractivity contribution is 9.10. The van der Waals surface area contributed by atoms with Gasteiger partial charge in [-0.1, -0.05) is 31.2 Å². The van der Waals surface area contributed by atoms with Crippen LogP contribution in [0.3, 0.4) is 0 Å². The van der Waals surface area contributed by atoms with Crippen molar-refractivity contribution in [3.63, 3.8) is 0 Å². The Morgan fingerprint density at radius 1 is 1.20 bits per heavy atom. The van der Waals surface area contributed by atoms with Gasteiger partial charge >= 0.3 is 0 Å². The monoisotopic (exact) mass is 404 g/mol. The summed E-state index contributed by atoms with van der Waals surface area (Å²) in [7, 11) is 0. The third-order valence-corrected chi connectivity index (χ3v) is 3.92. The molecule has 0 aliphatic carbocycles. The van der Waals surface area contributed by atoms with Crippen LogP contribution < -0.4 is 14.9 Å². The Bertz CT molecular complexity index is 734. The van der Waals surface area contributed by atoms with E-state index in [-0.39, 0.29) is 5.91 Å². The molecule has 6 heteroatoms. The van der Waals surface area contributed by atoms with E-state index < -0.39 is 6.10 Å². The zero-order valence-corrected chi connectivity index (χ0v) is 15.8. The zero-order valence-electron chi connectivity index (χ0n) is 14.2. The number of amides is 1. The molecule has 0 radical (unpaired) electrons. The van der Waals surface area contributed by atoms with Crippen molar-refractivity contribution >= 4 is 28.1 Å². The van der Waals surface area contributed by atoms with Gasteiger partial charge in [0.05, 0.1) is 17.3 Å². The summed E-state index contributed by atoms with van der Waals surface area (Å²) in [6, 6.07) is 14.9. The Morgan fingerprint density at radius 3 is 2.60 bits per heavy atom. The quantitative estimate of drug-likeness (QED) is 0.530. The van der Waals surface area contributed by atoms with E-state index in [2.05, 4.69) is 26.5 Å². The van der Waals surface area contributed by atoms with Crippen molar-refractivity contribution in [3.8, 4) is 11.5 Å². The first-order chi connectivity index (χ1) is 12.1. The fourth-order valence-corrected chi connectivity index (χ4v) is 2.35. The third kappa shape index (κ3) is 5.90. The molecule has 1 N–H and O–H groups in total. The largest absolute Gasteiger partial charge is 0.493 e. The first kappa shape index (κ1) is 19.0. The van der Waals surface area contributed by atoms with Crippen LogP contribution in [0.5, 0.6) is 11.5 Å². The smallest absolute Gasteiger partial charge is 0.280 e. The average molecular weight is 405 g/mol. The van der Waals surface area contributed by atoms with Gasteiger partial charge in [-0.15, -0.1) is 0 Å². The molecule has 0 aliphatic rings. The number of carbonyl (C=O) groups is 1. The van der Waals surface area contributed by atoms with Crippen LogP contribution in [0.25, 0.3) is 0 Å². The molecular weight excluding hydrogens is 384 g/mol. The van der Waals surface area contributed by atoms with Gasteiger partial charge in [0.1, 0.15) is 11.5 Å². The van der Waals surface area contributed by atoms with Crippen molar-refractivity contribution in [2.75, 3.05) is 6.61 Å². The number of hydrogen-bond donors (Lipinski definition) is 1. The van der Waals surface area contributed by atoms with Crippen LogP contribution >= 0.6 is 15.9 Å². The second kappa shape index (κ2) is 9.84. The summed E-state index contributed by atoms with van der Waals surface area (Å²) in [5.41, 5.74) is 3.29. The van der Waals surface area contributed by atoms with Crippen molar-refractivity contribution in [1.82, 2.24) is 5.43 Å². The van der Waals surface area contributed by atoms with Crippen LogP contribution in [0, 0.1) is 0 Å². The topological polar surface area (TPSA) is 59.9 Å². The maximum atomic E-state index is 12.1. The van der Waals surface area contributed by atoms with Crippen LogP contribution in [0.4, 0.5) is 0 Å². The van der Waals surface area contributed by atoms with Gasteiger partial charge in [0.25, 0.3) is 5.91 Å². The molecule has 25 heavy (non-hydrogen) atoms. The predicted octanol–water partition coefficient (Wildman–Crippen LogP) is 4.16. The molecule has 132 valence electrons. The highest BCUT2D eigenvalue weighted by Gasteiger charge is 2.15. The first-order valence-electron chi connectivity index (χ1n) is 8.07. The Kier molecular flexibility index (Phi) is 7.47. The lowest BCUT2D eigenvalue weighted by molar-refractivity contribution is -0.127. The molecule has 0 bridgehead atoms. The molecule has 0 saturated heterocycles. The van der Waals surface area contributed by atoms with Crippen molar-refractivity contribution in [2.45, 2.75) is 26.4 Å². The third-order valence-electron chi connectivity index (χ3n) is 3.27. The number of ether oxygens (including phenoxy) is 2. The fraction of sp³-hybridized carbons (Fsp3) is 0.263. The molecule has 0 saturated carbocycles. The summed E-state index contributed by atoms with van der Waals surface area (Å²) in [6.45, 7) is 4.35. The summed E-state index contributed by atoms with van der Waals surface area (Å²) in [6.07, 6.45) is 1.81. The lowest BCUT2D eigenvalue weighted by Crippen LogP contribution is -2.33. The Hall–Kier alpha value is -2.34. The van der Waals surface area contributed by atoms with Crippen molar-refractivity contribution in [2.24, 2.45) is 5.10 Å². The molecular formula is C19H21BrN2O3. The normalized spacial score (nSPS) is 12.0. The standard InChI is InChI=1S/C19H21BrN2O3/c1-3-12-24-17-10-6-4-8-15(17)13-21-22-19(23)14(2)25-18-11-7-5-9-16(18)20/h4-11,13-14H,3,12H2,1-2H3,(H,22,23). The number of para-hydroxylation sites is 2. The molecule has 1 atom stereocenters. The minimum atomic E-state index is -0.678. The van der Waals surface area contributed by atoms with Crippen LogP contribution in [0.2, 0.25) is 0 Å². The summed E-state index contributed by atoms with van der Waals surface area (Å²) in [5, 5.41) is 4.00. The molecule has 0 fully saturated rings. The molecule has 0 spiro atoms. The number of hydrogen-bond acceptors (Lipinski definition) is 4. The SMILES string of the molecule is CCCOc1ccccc1C=NNC(=O)C(C)Oc1ccccc1Br. The number of hydrazone groups is 1. The molecule has 0 aromatic heterocycles. The van der Waals surface area contributed by atoms with Gasteiger partial charge in [-0.05, 0) is 53.5 Å². The Morgan fingerprint density at radius 2 is 1.88 bits per heavy atom. The molecule has 1 unspecified atom stereocenters. The summed E-state index contributed by atoms with van der Waals surface area (Å²) in [4.78, 5) is 12.1. The highest BCUT2D eigenvalue weighted by Crippen LogP contribution is 2.24. The van der Waals surface area contributed by atoms with Gasteiger partial charge in [0.2, 0.25) is 0 Å². The lowest BCUT2D eigenvalue weighted by atomic mass is 10.2. The van der Waals surface area contributed by atoms with Gasteiger partial charge < -0.3 is 9.47 Å². The predicted molar refractivity (Wildman–Crippen MR) is 102 cm³/mol. The fourth-order valence-electron chi connectivity index (χ4n) is 1.97. The summed E-state index contributed by atoms with van der Waals surface area (Å²) < 4.78 is 12.1. The molecule has 1 amide bonds. The number of nitrogens with one attached hydrogen (secondary N) is 1. The van der Waals surface area contributed by atoms with Gasteiger partial charge in [0.15, 0.2) is 6.10 Å². The maximum absolute atomic E-state index is 12.1. The second-order valence-electron chi connectivity index (χ2n) is 5.31. The van der Waals surface area contributed by atoms with Crippen LogP contribution in [-0.2, 0) is 4.79 Å². The van der Waals surface area contributed by atoms with Crippen LogP contribution in [0.15, 0.2) is 58.1 Å². The number of halogens is 1. The molecule has 5 nitrogen and oxygen atoms in total. The van der Waals surface area contributed by atoms with Gasteiger partial charge in [-0.2, -0.15) is 5.10 Å². The highest BCUT2D eigenvalue weighted by atomic mass is 79.9. The van der Waals surface area contributed by atoms with Gasteiger partial charge in [-0.3, -0.25) is 4.79 Å². The number of rotatable bonds is 8. The number of nitrogens with zero attached hydrogens (tertiary/aromatic N) is 1. The van der Waals surface area contributed by atoms with E-state index in [1.807, 2.05) is 49.4 Å². The molecule has 2 rings (SSSR count). The second-order valence-corrected chi connectivity index (χ2v) is 6.17. The Labute approximate surface area is 156 Å².